The van der Waals surface area contributed by atoms with Gasteiger partial charge in [-0.25, -0.2) is 0 Å². The second-order valence-electron chi connectivity index (χ2n) is 4.22. The first kappa shape index (κ1) is 12.1. The first-order valence-electron chi connectivity index (χ1n) is 5.57. The maximum absolute atomic E-state index is 11.8. The van der Waals surface area contributed by atoms with E-state index in [0.29, 0.717) is 5.82 Å². The predicted molar refractivity (Wildman–Crippen MR) is 69.0 cm³/mol. The third-order valence-electron chi connectivity index (χ3n) is 2.34. The molecule has 0 bridgehead atoms. The molecule has 1 amide bonds. The molecule has 0 saturated heterocycles. The fourth-order valence-electron chi connectivity index (χ4n) is 1.76. The van der Waals surface area contributed by atoms with Crippen LogP contribution in [0.5, 0.6) is 0 Å². The van der Waals surface area contributed by atoms with Crippen molar-refractivity contribution in [2.45, 2.75) is 20.4 Å². The van der Waals surface area contributed by atoms with Gasteiger partial charge in [0.15, 0.2) is 5.82 Å². The number of carbonyl (C=O) groups excluding carboxylic acids is 1. The van der Waals surface area contributed by atoms with Gasteiger partial charge in [-0.2, -0.15) is 9.90 Å². The van der Waals surface area contributed by atoms with Crippen LogP contribution in [-0.2, 0) is 11.3 Å². The van der Waals surface area contributed by atoms with Crippen molar-refractivity contribution >= 4 is 17.4 Å². The molecule has 18 heavy (non-hydrogen) atoms. The lowest BCUT2D eigenvalue weighted by Crippen LogP contribution is -2.20. The Kier molecular flexibility index (Phi) is 3.27. The number of hydrogen-bond acceptors (Lipinski definition) is 4. The number of hydrogen-bond donors (Lipinski definition) is 2. The van der Waals surface area contributed by atoms with Gasteiger partial charge in [0.25, 0.3) is 0 Å². The monoisotopic (exact) mass is 245 g/mol. The fourth-order valence-corrected chi connectivity index (χ4v) is 1.76. The van der Waals surface area contributed by atoms with Crippen LogP contribution < -0.4 is 11.1 Å². The van der Waals surface area contributed by atoms with E-state index in [4.69, 9.17) is 5.73 Å². The Hall–Kier alpha value is -2.37. The van der Waals surface area contributed by atoms with Crippen LogP contribution in [0.3, 0.4) is 0 Å². The number of nitrogens with two attached hydrogens (primary N) is 1. The second kappa shape index (κ2) is 4.87. The van der Waals surface area contributed by atoms with Gasteiger partial charge in [0.05, 0.1) is 6.20 Å². The summed E-state index contributed by atoms with van der Waals surface area (Å²) in [5, 5.41) is 10.5. The molecule has 0 radical (unpaired) electrons. The Morgan fingerprint density at radius 3 is 2.56 bits per heavy atom. The molecule has 0 fully saturated rings. The van der Waals surface area contributed by atoms with Crippen molar-refractivity contribution in [2.24, 2.45) is 0 Å². The van der Waals surface area contributed by atoms with Gasteiger partial charge in [-0.05, 0) is 37.1 Å². The Morgan fingerprint density at radius 1 is 1.33 bits per heavy atom. The summed E-state index contributed by atoms with van der Waals surface area (Å²) in [7, 11) is 0. The lowest BCUT2D eigenvalue weighted by Gasteiger charge is -2.07. The van der Waals surface area contributed by atoms with E-state index in [-0.39, 0.29) is 12.5 Å². The van der Waals surface area contributed by atoms with E-state index < -0.39 is 0 Å². The van der Waals surface area contributed by atoms with E-state index in [2.05, 4.69) is 15.5 Å². The molecule has 2 aromatic rings. The van der Waals surface area contributed by atoms with Crippen LogP contribution in [0, 0.1) is 13.8 Å². The van der Waals surface area contributed by atoms with Crippen molar-refractivity contribution in [1.82, 2.24) is 15.0 Å². The van der Waals surface area contributed by atoms with Gasteiger partial charge in [0.1, 0.15) is 6.54 Å². The van der Waals surface area contributed by atoms with E-state index in [0.717, 1.165) is 16.8 Å². The largest absolute Gasteiger partial charge is 0.381 e. The zero-order valence-electron chi connectivity index (χ0n) is 10.3. The van der Waals surface area contributed by atoms with E-state index in [9.17, 15) is 4.79 Å². The molecule has 0 aliphatic heterocycles. The molecule has 94 valence electrons. The molecule has 1 aromatic carbocycles. The predicted octanol–water partition coefficient (Wildman–Crippen LogP) is 1.12. The first-order valence-corrected chi connectivity index (χ1v) is 5.57. The van der Waals surface area contributed by atoms with Crippen LogP contribution >= 0.6 is 0 Å². The summed E-state index contributed by atoms with van der Waals surface area (Å²) in [5.74, 6) is 0.116. The average molecular weight is 245 g/mol. The number of nitrogen functional groups attached to an aromatic ring is 1. The SMILES string of the molecule is Cc1cc(C)cc(NC(=O)Cn2ncc(N)n2)c1. The van der Waals surface area contributed by atoms with Crippen LogP contribution in [0.25, 0.3) is 0 Å². The average Bonchev–Trinajstić information content (AvgIpc) is 2.61. The van der Waals surface area contributed by atoms with Crippen LogP contribution in [0.15, 0.2) is 24.4 Å². The smallest absolute Gasteiger partial charge is 0.247 e. The summed E-state index contributed by atoms with van der Waals surface area (Å²) in [5.41, 5.74) is 8.40. The highest BCUT2D eigenvalue weighted by molar-refractivity contribution is 5.90. The van der Waals surface area contributed by atoms with Gasteiger partial charge in [-0.15, -0.1) is 5.10 Å². The number of nitrogens with one attached hydrogen (secondary N) is 1. The quantitative estimate of drug-likeness (QED) is 0.848. The van der Waals surface area contributed by atoms with Crippen molar-refractivity contribution in [3.8, 4) is 0 Å². The minimum absolute atomic E-state index is 0.0458. The van der Waals surface area contributed by atoms with Crippen LogP contribution in [-0.4, -0.2) is 20.9 Å². The number of aromatic nitrogens is 3. The molecule has 6 heteroatoms. The highest BCUT2D eigenvalue weighted by Crippen LogP contribution is 2.13. The third-order valence-corrected chi connectivity index (χ3v) is 2.34. The number of anilines is 2. The highest BCUT2D eigenvalue weighted by atomic mass is 16.2. The minimum Gasteiger partial charge on any atom is -0.381 e. The molecule has 0 atom stereocenters. The number of carbonyl (C=O) groups is 1. The molecular formula is C12H15N5O. The number of benzene rings is 1. The summed E-state index contributed by atoms with van der Waals surface area (Å²) < 4.78 is 0. The summed E-state index contributed by atoms with van der Waals surface area (Å²) in [4.78, 5) is 13.0. The highest BCUT2D eigenvalue weighted by Gasteiger charge is 2.06. The van der Waals surface area contributed by atoms with E-state index in [1.807, 2.05) is 32.0 Å². The van der Waals surface area contributed by atoms with E-state index in [1.54, 1.807) is 0 Å². The summed E-state index contributed by atoms with van der Waals surface area (Å²) in [6.07, 6.45) is 1.41. The Bertz CT molecular complexity index is 555. The molecular weight excluding hydrogens is 230 g/mol. The lowest BCUT2D eigenvalue weighted by molar-refractivity contribution is -0.117. The molecule has 0 aliphatic rings. The van der Waals surface area contributed by atoms with Crippen LogP contribution in [0.4, 0.5) is 11.5 Å². The molecule has 6 nitrogen and oxygen atoms in total. The molecule has 0 aliphatic carbocycles. The maximum Gasteiger partial charge on any atom is 0.247 e. The summed E-state index contributed by atoms with van der Waals surface area (Å²) in [6, 6.07) is 5.87. The molecule has 3 N–H and O–H groups in total. The number of nitrogens with zero attached hydrogens (tertiary/aromatic N) is 3. The normalized spacial score (nSPS) is 10.3. The van der Waals surface area contributed by atoms with Gasteiger partial charge in [0, 0.05) is 5.69 Å². The van der Waals surface area contributed by atoms with Crippen LogP contribution in [0.2, 0.25) is 0 Å². The van der Waals surface area contributed by atoms with Gasteiger partial charge < -0.3 is 11.1 Å². The number of rotatable bonds is 3. The van der Waals surface area contributed by atoms with Crippen molar-refractivity contribution < 1.29 is 4.79 Å². The first-order chi connectivity index (χ1) is 8.52. The lowest BCUT2D eigenvalue weighted by atomic mass is 10.1. The van der Waals surface area contributed by atoms with Crippen molar-refractivity contribution in [3.63, 3.8) is 0 Å². The number of aryl methyl sites for hydroxylation is 2. The third kappa shape index (κ3) is 3.07. The van der Waals surface area contributed by atoms with Crippen LogP contribution in [0.1, 0.15) is 11.1 Å². The number of amides is 1. The van der Waals surface area contributed by atoms with Gasteiger partial charge in [-0.1, -0.05) is 6.07 Å². The molecule has 0 unspecified atom stereocenters. The molecule has 2 rings (SSSR count). The molecule has 1 aromatic heterocycles. The van der Waals surface area contributed by atoms with E-state index >= 15 is 0 Å². The Balaban J connectivity index is 2.02. The fraction of sp³-hybridized carbons (Fsp3) is 0.250. The standard InChI is InChI=1S/C12H15N5O/c1-8-3-9(2)5-10(4-8)15-12(18)7-17-14-6-11(13)16-17/h3-6H,7H2,1-2H3,(H2,13,16)(H,15,18). The van der Waals surface area contributed by atoms with Gasteiger partial charge in [0.2, 0.25) is 5.91 Å². The topological polar surface area (TPSA) is 85.8 Å². The van der Waals surface area contributed by atoms with Gasteiger partial charge >= 0.3 is 0 Å². The van der Waals surface area contributed by atoms with Crippen molar-refractivity contribution in [2.75, 3.05) is 11.1 Å². The Morgan fingerprint density at radius 2 is 2.00 bits per heavy atom. The minimum atomic E-state index is -0.185. The molecule has 0 spiro atoms. The zero-order valence-corrected chi connectivity index (χ0v) is 10.3. The van der Waals surface area contributed by atoms with Crippen molar-refractivity contribution in [3.05, 3.63) is 35.5 Å². The zero-order chi connectivity index (χ0) is 13.1. The van der Waals surface area contributed by atoms with Crippen molar-refractivity contribution in [1.29, 1.82) is 0 Å². The second-order valence-corrected chi connectivity index (χ2v) is 4.22. The van der Waals surface area contributed by atoms with E-state index in [1.165, 1.54) is 11.0 Å². The molecule has 0 saturated carbocycles. The van der Waals surface area contributed by atoms with Gasteiger partial charge in [-0.3, -0.25) is 4.79 Å². The summed E-state index contributed by atoms with van der Waals surface area (Å²) >= 11 is 0. The summed E-state index contributed by atoms with van der Waals surface area (Å²) in [6.45, 7) is 4.01. The molecule has 1 heterocycles. The maximum atomic E-state index is 11.8. The Labute approximate surface area is 105 Å².